The van der Waals surface area contributed by atoms with Crippen molar-refractivity contribution in [1.82, 2.24) is 10.2 Å². The van der Waals surface area contributed by atoms with Crippen molar-refractivity contribution >= 4 is 27.5 Å². The van der Waals surface area contributed by atoms with Crippen molar-refractivity contribution in [3.63, 3.8) is 0 Å². The second kappa shape index (κ2) is 13.2. The van der Waals surface area contributed by atoms with E-state index in [9.17, 15) is 22.4 Å². The van der Waals surface area contributed by atoms with E-state index in [4.69, 9.17) is 14.2 Å². The highest BCUT2D eigenvalue weighted by Crippen LogP contribution is 2.32. The van der Waals surface area contributed by atoms with Crippen LogP contribution < -0.4 is 23.8 Å². The molecular formula is C28H32FN3O7S. The molecule has 1 atom stereocenters. The van der Waals surface area contributed by atoms with Gasteiger partial charge in [0.25, 0.3) is 10.0 Å². The SMILES string of the molecule is CNC(=O)[C@@H](C)N(Cc1ccc(OC)cc1)C(=O)CN(c1ccc(F)cc1)S(=O)(=O)c1ccc(OC)c(OC)c1. The van der Waals surface area contributed by atoms with Crippen LogP contribution in [0, 0.1) is 5.82 Å². The van der Waals surface area contributed by atoms with Gasteiger partial charge in [-0.05, 0) is 61.0 Å². The Bertz CT molecular complexity index is 1430. The molecule has 0 saturated carbocycles. The number of hydrogen-bond donors (Lipinski definition) is 1. The van der Waals surface area contributed by atoms with E-state index in [2.05, 4.69) is 5.32 Å². The summed E-state index contributed by atoms with van der Waals surface area (Å²) in [6, 6.07) is 14.7. The van der Waals surface area contributed by atoms with Crippen LogP contribution in [0.15, 0.2) is 71.6 Å². The zero-order chi connectivity index (χ0) is 29.4. The molecule has 40 heavy (non-hydrogen) atoms. The Labute approximate surface area is 233 Å². The highest BCUT2D eigenvalue weighted by atomic mass is 32.2. The molecule has 3 aromatic rings. The highest BCUT2D eigenvalue weighted by molar-refractivity contribution is 7.92. The van der Waals surface area contributed by atoms with E-state index in [1.807, 2.05) is 0 Å². The van der Waals surface area contributed by atoms with Gasteiger partial charge in [-0.1, -0.05) is 12.1 Å². The van der Waals surface area contributed by atoms with E-state index in [1.165, 1.54) is 63.6 Å². The second-order valence-corrected chi connectivity index (χ2v) is 10.5. The first-order valence-corrected chi connectivity index (χ1v) is 13.6. The molecular weight excluding hydrogens is 541 g/mol. The Balaban J connectivity index is 2.05. The van der Waals surface area contributed by atoms with Gasteiger partial charge in [-0.2, -0.15) is 0 Å². The lowest BCUT2D eigenvalue weighted by Crippen LogP contribution is -2.50. The third kappa shape index (κ3) is 6.81. The summed E-state index contributed by atoms with van der Waals surface area (Å²) in [5.41, 5.74) is 0.752. The van der Waals surface area contributed by atoms with Gasteiger partial charge in [0.1, 0.15) is 24.2 Å². The van der Waals surface area contributed by atoms with Crippen LogP contribution in [0.2, 0.25) is 0 Å². The highest BCUT2D eigenvalue weighted by Gasteiger charge is 2.33. The van der Waals surface area contributed by atoms with Gasteiger partial charge in [0.2, 0.25) is 11.8 Å². The Kier molecular flexibility index (Phi) is 9.94. The molecule has 3 aromatic carbocycles. The molecule has 10 nitrogen and oxygen atoms in total. The summed E-state index contributed by atoms with van der Waals surface area (Å²) in [5.74, 6) is -0.560. The van der Waals surface area contributed by atoms with E-state index < -0.39 is 40.2 Å². The first kappa shape index (κ1) is 30.2. The van der Waals surface area contributed by atoms with Crippen molar-refractivity contribution in [1.29, 1.82) is 0 Å². The molecule has 0 aromatic heterocycles. The van der Waals surface area contributed by atoms with Crippen LogP contribution in [0.1, 0.15) is 12.5 Å². The Hall–Kier alpha value is -4.32. The smallest absolute Gasteiger partial charge is 0.264 e. The van der Waals surface area contributed by atoms with Crippen molar-refractivity contribution in [2.24, 2.45) is 0 Å². The maximum atomic E-state index is 13.9. The van der Waals surface area contributed by atoms with E-state index in [-0.39, 0.29) is 22.9 Å². The lowest BCUT2D eigenvalue weighted by Gasteiger charge is -2.31. The summed E-state index contributed by atoms with van der Waals surface area (Å²) >= 11 is 0. The number of likely N-dealkylation sites (N-methyl/N-ethyl adjacent to an activating group) is 1. The van der Waals surface area contributed by atoms with Crippen LogP contribution in [0.3, 0.4) is 0 Å². The van der Waals surface area contributed by atoms with Crippen LogP contribution in [-0.4, -0.2) is 66.1 Å². The number of hydrogen-bond acceptors (Lipinski definition) is 7. The van der Waals surface area contributed by atoms with Gasteiger partial charge in [0.15, 0.2) is 11.5 Å². The van der Waals surface area contributed by atoms with Gasteiger partial charge in [0.05, 0.1) is 31.9 Å². The van der Waals surface area contributed by atoms with Crippen LogP contribution >= 0.6 is 0 Å². The van der Waals surface area contributed by atoms with Gasteiger partial charge in [-0.25, -0.2) is 12.8 Å². The molecule has 0 fully saturated rings. The van der Waals surface area contributed by atoms with Crippen LogP contribution in [0.4, 0.5) is 10.1 Å². The first-order chi connectivity index (χ1) is 19.0. The molecule has 0 aliphatic heterocycles. The topological polar surface area (TPSA) is 114 Å². The monoisotopic (exact) mass is 573 g/mol. The summed E-state index contributed by atoms with van der Waals surface area (Å²) in [5, 5.41) is 2.52. The first-order valence-electron chi connectivity index (χ1n) is 12.2. The molecule has 0 unspecified atom stereocenters. The standard InChI is InChI=1S/C28H32FN3O7S/c1-19(28(34)30-2)31(17-20-6-12-23(37-3)13-7-20)27(33)18-32(22-10-8-21(29)9-11-22)40(35,36)24-14-15-25(38-4)26(16-24)39-5/h6-16,19H,17-18H2,1-5H3,(H,30,34)/t19-/m1/s1. The van der Waals surface area contributed by atoms with E-state index in [0.29, 0.717) is 17.1 Å². The zero-order valence-electron chi connectivity index (χ0n) is 22.9. The van der Waals surface area contributed by atoms with E-state index in [0.717, 1.165) is 16.4 Å². The number of anilines is 1. The predicted molar refractivity (Wildman–Crippen MR) is 148 cm³/mol. The molecule has 0 heterocycles. The minimum Gasteiger partial charge on any atom is -0.497 e. The third-order valence-electron chi connectivity index (χ3n) is 6.26. The molecule has 0 bridgehead atoms. The van der Waals surface area contributed by atoms with Gasteiger partial charge in [-0.3, -0.25) is 13.9 Å². The molecule has 0 aliphatic rings. The van der Waals surface area contributed by atoms with Gasteiger partial charge in [0, 0.05) is 19.7 Å². The normalized spacial score (nSPS) is 11.8. The van der Waals surface area contributed by atoms with Gasteiger partial charge >= 0.3 is 0 Å². The number of benzene rings is 3. The fourth-order valence-electron chi connectivity index (χ4n) is 3.96. The molecule has 0 saturated heterocycles. The minimum atomic E-state index is -4.38. The molecule has 0 radical (unpaired) electrons. The van der Waals surface area contributed by atoms with Crippen LogP contribution in [0.25, 0.3) is 0 Å². The van der Waals surface area contributed by atoms with E-state index >= 15 is 0 Å². The molecule has 3 rings (SSSR count). The quantitative estimate of drug-likeness (QED) is 0.354. The zero-order valence-corrected chi connectivity index (χ0v) is 23.7. The third-order valence-corrected chi connectivity index (χ3v) is 8.03. The summed E-state index contributed by atoms with van der Waals surface area (Å²) in [4.78, 5) is 27.4. The van der Waals surface area contributed by atoms with Crippen molar-refractivity contribution in [3.05, 3.63) is 78.1 Å². The molecule has 1 N–H and O–H groups in total. The number of nitrogens with one attached hydrogen (secondary N) is 1. The molecule has 12 heteroatoms. The van der Waals surface area contributed by atoms with Crippen molar-refractivity contribution in [2.75, 3.05) is 39.2 Å². The maximum Gasteiger partial charge on any atom is 0.264 e. The molecule has 214 valence electrons. The lowest BCUT2D eigenvalue weighted by atomic mass is 10.1. The summed E-state index contributed by atoms with van der Waals surface area (Å²) in [6.45, 7) is 0.899. The summed E-state index contributed by atoms with van der Waals surface area (Å²) in [7, 11) is 1.38. The molecule has 0 aliphatic carbocycles. The Morgan fingerprint density at radius 2 is 1.52 bits per heavy atom. The number of ether oxygens (including phenoxy) is 3. The average molecular weight is 574 g/mol. The number of amides is 2. The molecule has 2 amide bonds. The number of carbonyl (C=O) groups excluding carboxylic acids is 2. The number of nitrogens with zero attached hydrogens (tertiary/aromatic N) is 2. The van der Waals surface area contributed by atoms with Crippen LogP contribution in [-0.2, 0) is 26.2 Å². The summed E-state index contributed by atoms with van der Waals surface area (Å²) < 4.78 is 58.1. The number of methoxy groups -OCH3 is 3. The fourth-order valence-corrected chi connectivity index (χ4v) is 5.39. The predicted octanol–water partition coefficient (Wildman–Crippen LogP) is 3.21. The van der Waals surface area contributed by atoms with Gasteiger partial charge in [-0.15, -0.1) is 0 Å². The Morgan fingerprint density at radius 1 is 0.900 bits per heavy atom. The van der Waals surface area contributed by atoms with Crippen molar-refractivity contribution in [3.8, 4) is 17.2 Å². The Morgan fingerprint density at radius 3 is 2.08 bits per heavy atom. The lowest BCUT2D eigenvalue weighted by molar-refractivity contribution is -0.139. The van der Waals surface area contributed by atoms with Crippen molar-refractivity contribution < 1.29 is 36.6 Å². The van der Waals surface area contributed by atoms with Crippen LogP contribution in [0.5, 0.6) is 17.2 Å². The second-order valence-electron chi connectivity index (χ2n) is 8.66. The summed E-state index contributed by atoms with van der Waals surface area (Å²) in [6.07, 6.45) is 0. The maximum absolute atomic E-state index is 13.9. The molecule has 0 spiro atoms. The largest absolute Gasteiger partial charge is 0.497 e. The van der Waals surface area contributed by atoms with E-state index in [1.54, 1.807) is 31.2 Å². The minimum absolute atomic E-state index is 0.0189. The van der Waals surface area contributed by atoms with Gasteiger partial charge < -0.3 is 24.4 Å². The number of halogens is 1. The van der Waals surface area contributed by atoms with Crippen molar-refractivity contribution in [2.45, 2.75) is 24.4 Å². The number of sulfonamides is 1. The number of carbonyl (C=O) groups is 2. The number of rotatable bonds is 12. The fraction of sp³-hybridized carbons (Fsp3) is 0.286. The average Bonchev–Trinajstić information content (AvgIpc) is 2.98.